The molecule has 0 spiro atoms. The Hall–Kier alpha value is -3.70. The summed E-state index contributed by atoms with van der Waals surface area (Å²) >= 11 is 14.7. The highest BCUT2D eigenvalue weighted by Crippen LogP contribution is 2.40. The van der Waals surface area contributed by atoms with Crippen molar-refractivity contribution >= 4 is 72.5 Å². The number of esters is 1. The van der Waals surface area contributed by atoms with Crippen LogP contribution in [-0.4, -0.2) is 24.3 Å². The molecule has 0 saturated carbocycles. The molecule has 5 aromatic rings. The van der Waals surface area contributed by atoms with Gasteiger partial charge < -0.3 is 13.9 Å². The van der Waals surface area contributed by atoms with Crippen LogP contribution in [0.25, 0.3) is 23.1 Å². The summed E-state index contributed by atoms with van der Waals surface area (Å²) in [5.74, 6) is 0.990. The molecule has 0 bridgehead atoms. The van der Waals surface area contributed by atoms with Gasteiger partial charge in [-0.15, -0.1) is 0 Å². The number of ether oxygens (including phenoxy) is 2. The second kappa shape index (κ2) is 12.7. The molecule has 1 aliphatic rings. The van der Waals surface area contributed by atoms with E-state index in [4.69, 9.17) is 30.5 Å². The average Bonchev–Trinajstić information content (AvgIpc) is 3.62. The standard InChI is InChI=1S/C33H23Br2ClN2O5S/c1-3-42-32(40)28-29(18-7-5-4-6-8-18)37-33-38(30(28)23-16-20(36)10-13-25(23)41-2)31(39)27(44-33)17-21-11-14-26(43-21)22-15-19(34)9-12-24(22)35/h4-17,30H,3H2,1-2H3/b27-17-/t30-/m0/s1. The molecule has 6 rings (SSSR count). The molecule has 0 N–H and O–H groups in total. The zero-order valence-electron chi connectivity index (χ0n) is 23.3. The van der Waals surface area contributed by atoms with Gasteiger partial charge in [0.2, 0.25) is 0 Å². The molecule has 0 aliphatic carbocycles. The molecule has 3 heterocycles. The van der Waals surface area contributed by atoms with Crippen LogP contribution in [0.1, 0.15) is 29.9 Å². The van der Waals surface area contributed by atoms with E-state index in [9.17, 15) is 9.59 Å². The van der Waals surface area contributed by atoms with E-state index >= 15 is 0 Å². The lowest BCUT2D eigenvalue weighted by Crippen LogP contribution is -2.40. The molecule has 0 unspecified atom stereocenters. The zero-order valence-corrected chi connectivity index (χ0v) is 28.1. The summed E-state index contributed by atoms with van der Waals surface area (Å²) in [5, 5.41) is 0.422. The van der Waals surface area contributed by atoms with E-state index in [1.807, 2.05) is 54.6 Å². The first-order chi connectivity index (χ1) is 21.3. The van der Waals surface area contributed by atoms with Gasteiger partial charge >= 0.3 is 5.97 Å². The van der Waals surface area contributed by atoms with Gasteiger partial charge in [-0.1, -0.05) is 85.1 Å². The minimum atomic E-state index is -0.930. The maximum absolute atomic E-state index is 14.2. The van der Waals surface area contributed by atoms with Crippen LogP contribution in [-0.2, 0) is 9.53 Å². The van der Waals surface area contributed by atoms with Gasteiger partial charge in [0.15, 0.2) is 4.80 Å². The first-order valence-electron chi connectivity index (χ1n) is 13.5. The van der Waals surface area contributed by atoms with Crippen molar-refractivity contribution in [2.75, 3.05) is 13.7 Å². The number of methoxy groups -OCH3 is 1. The van der Waals surface area contributed by atoms with E-state index in [1.165, 1.54) is 23.0 Å². The van der Waals surface area contributed by atoms with Crippen LogP contribution in [0.4, 0.5) is 0 Å². The highest BCUT2D eigenvalue weighted by atomic mass is 79.9. The van der Waals surface area contributed by atoms with Crippen molar-refractivity contribution in [2.45, 2.75) is 13.0 Å². The third kappa shape index (κ3) is 5.75. The number of carbonyl (C=O) groups excluding carboxylic acids is 1. The minimum Gasteiger partial charge on any atom is -0.496 e. The largest absolute Gasteiger partial charge is 0.496 e. The van der Waals surface area contributed by atoms with Gasteiger partial charge in [-0.3, -0.25) is 9.36 Å². The van der Waals surface area contributed by atoms with Crippen LogP contribution in [0, 0.1) is 0 Å². The maximum atomic E-state index is 14.2. The predicted molar refractivity (Wildman–Crippen MR) is 179 cm³/mol. The molecule has 7 nitrogen and oxygen atoms in total. The normalized spacial score (nSPS) is 14.8. The van der Waals surface area contributed by atoms with E-state index in [0.29, 0.717) is 48.5 Å². The lowest BCUT2D eigenvalue weighted by atomic mass is 9.92. The molecule has 222 valence electrons. The summed E-state index contributed by atoms with van der Waals surface area (Å²) in [6.07, 6.45) is 1.68. The lowest BCUT2D eigenvalue weighted by Gasteiger charge is -2.27. The monoisotopic (exact) mass is 752 g/mol. The number of rotatable bonds is 7. The quantitative estimate of drug-likeness (QED) is 0.162. The number of benzene rings is 3. The van der Waals surface area contributed by atoms with Crippen LogP contribution >= 0.6 is 54.8 Å². The number of halogens is 3. The van der Waals surface area contributed by atoms with Gasteiger partial charge in [-0.2, -0.15) is 0 Å². The van der Waals surface area contributed by atoms with Gasteiger partial charge in [0.1, 0.15) is 23.3 Å². The fourth-order valence-corrected chi connectivity index (χ4v) is 7.01. The predicted octanol–water partition coefficient (Wildman–Crippen LogP) is 7.38. The van der Waals surface area contributed by atoms with Gasteiger partial charge in [-0.05, 0) is 55.5 Å². The van der Waals surface area contributed by atoms with Crippen molar-refractivity contribution in [3.05, 3.63) is 135 Å². The van der Waals surface area contributed by atoms with Crippen molar-refractivity contribution in [2.24, 2.45) is 4.99 Å². The molecule has 2 aromatic heterocycles. The molecular weight excluding hydrogens is 732 g/mol. The van der Waals surface area contributed by atoms with E-state index < -0.39 is 12.0 Å². The van der Waals surface area contributed by atoms with Crippen LogP contribution in [0.15, 0.2) is 108 Å². The lowest BCUT2D eigenvalue weighted by molar-refractivity contribution is -0.138. The van der Waals surface area contributed by atoms with Crippen LogP contribution < -0.4 is 19.6 Å². The van der Waals surface area contributed by atoms with Crippen molar-refractivity contribution in [1.29, 1.82) is 0 Å². The number of fused-ring (bicyclic) bond motifs is 1. The molecule has 3 aromatic carbocycles. The Balaban J connectivity index is 1.60. The highest BCUT2D eigenvalue weighted by molar-refractivity contribution is 9.11. The molecule has 0 fully saturated rings. The molecule has 0 radical (unpaired) electrons. The average molecular weight is 755 g/mol. The minimum absolute atomic E-state index is 0.142. The second-order valence-electron chi connectivity index (χ2n) is 9.64. The summed E-state index contributed by atoms with van der Waals surface area (Å²) in [6, 6.07) is 23.0. The van der Waals surface area contributed by atoms with E-state index in [-0.39, 0.29) is 17.7 Å². The molecular formula is C33H23Br2ClN2O5S. The van der Waals surface area contributed by atoms with Crippen molar-refractivity contribution < 1.29 is 18.7 Å². The number of hydrogen-bond donors (Lipinski definition) is 0. The Morgan fingerprint density at radius 2 is 1.89 bits per heavy atom. The molecule has 0 saturated heterocycles. The Morgan fingerprint density at radius 1 is 1.09 bits per heavy atom. The van der Waals surface area contributed by atoms with Gasteiger partial charge in [0, 0.05) is 36.7 Å². The third-order valence-electron chi connectivity index (χ3n) is 6.95. The van der Waals surface area contributed by atoms with Crippen LogP contribution in [0.5, 0.6) is 5.75 Å². The van der Waals surface area contributed by atoms with E-state index in [2.05, 4.69) is 31.9 Å². The Kier molecular flexibility index (Phi) is 8.77. The van der Waals surface area contributed by atoms with E-state index in [1.54, 1.807) is 37.3 Å². The fourth-order valence-electron chi connectivity index (χ4n) is 5.04. The second-order valence-corrected chi connectivity index (χ2v) is 12.9. The summed E-state index contributed by atoms with van der Waals surface area (Å²) in [5.41, 5.74) is 2.35. The summed E-state index contributed by atoms with van der Waals surface area (Å²) in [7, 11) is 1.53. The first kappa shape index (κ1) is 30.3. The number of furan rings is 1. The smallest absolute Gasteiger partial charge is 0.338 e. The van der Waals surface area contributed by atoms with E-state index in [0.717, 1.165) is 14.5 Å². The van der Waals surface area contributed by atoms with Gasteiger partial charge in [-0.25, -0.2) is 9.79 Å². The molecule has 0 amide bonds. The van der Waals surface area contributed by atoms with Crippen molar-refractivity contribution in [3.63, 3.8) is 0 Å². The van der Waals surface area contributed by atoms with Gasteiger partial charge in [0.25, 0.3) is 5.56 Å². The Labute approximate surface area is 278 Å². The topological polar surface area (TPSA) is 83.0 Å². The molecule has 44 heavy (non-hydrogen) atoms. The van der Waals surface area contributed by atoms with Crippen molar-refractivity contribution in [1.82, 2.24) is 4.57 Å². The zero-order chi connectivity index (χ0) is 31.0. The number of aromatic nitrogens is 1. The fraction of sp³-hybridized carbons (Fsp3) is 0.121. The van der Waals surface area contributed by atoms with Crippen LogP contribution in [0.2, 0.25) is 5.02 Å². The maximum Gasteiger partial charge on any atom is 0.338 e. The number of nitrogens with zero attached hydrogens (tertiary/aromatic N) is 2. The SMILES string of the molecule is CCOC(=O)C1=C(c2ccccc2)N=c2s/c(=C\c3ccc(-c4cc(Br)ccc4Br)o3)c(=O)n2[C@H]1c1cc(Cl)ccc1OC. The van der Waals surface area contributed by atoms with Crippen LogP contribution in [0.3, 0.4) is 0 Å². The van der Waals surface area contributed by atoms with Gasteiger partial charge in [0.05, 0.1) is 29.5 Å². The molecule has 11 heteroatoms. The molecule has 1 aliphatic heterocycles. The summed E-state index contributed by atoms with van der Waals surface area (Å²) in [6.45, 7) is 1.87. The third-order valence-corrected chi connectivity index (χ3v) is 9.36. The number of thiazole rings is 1. The molecule has 1 atom stereocenters. The van der Waals surface area contributed by atoms with Crippen molar-refractivity contribution in [3.8, 4) is 17.1 Å². The summed E-state index contributed by atoms with van der Waals surface area (Å²) < 4.78 is 21.0. The Bertz CT molecular complexity index is 2120. The Morgan fingerprint density at radius 3 is 2.64 bits per heavy atom. The first-order valence-corrected chi connectivity index (χ1v) is 16.2. The number of hydrogen-bond acceptors (Lipinski definition) is 7. The summed E-state index contributed by atoms with van der Waals surface area (Å²) in [4.78, 5) is 33.2. The highest BCUT2D eigenvalue weighted by Gasteiger charge is 2.37. The number of carbonyl (C=O) groups is 1.